The van der Waals surface area contributed by atoms with Crippen LogP contribution in [0.1, 0.15) is 45.4 Å². The number of piperidine rings is 1. The topological polar surface area (TPSA) is 23.5 Å². The maximum atomic E-state index is 13.1. The molecule has 1 saturated heterocycles. The third-order valence-electron chi connectivity index (χ3n) is 4.38. The Morgan fingerprint density at radius 2 is 1.88 bits per heavy atom. The van der Waals surface area contributed by atoms with Gasteiger partial charge in [0.25, 0.3) is 0 Å². The highest BCUT2D eigenvalue weighted by Crippen LogP contribution is 2.32. The van der Waals surface area contributed by atoms with E-state index in [1.54, 1.807) is 0 Å². The minimum Gasteiger partial charge on any atom is -0.393 e. The molecule has 3 heteroatoms. The number of halogens is 1. The van der Waals surface area contributed by atoms with E-state index in [1.807, 2.05) is 0 Å². The number of likely N-dealkylation sites (tertiary alicyclic amines) is 1. The van der Waals surface area contributed by atoms with Gasteiger partial charge in [-0.05, 0) is 38.0 Å². The molecule has 2 rings (SSSR count). The van der Waals surface area contributed by atoms with Gasteiger partial charge in [-0.25, -0.2) is 4.39 Å². The van der Waals surface area contributed by atoms with E-state index in [2.05, 4.69) is 11.8 Å². The zero-order valence-corrected chi connectivity index (χ0v) is 10.2. The maximum Gasteiger partial charge on any atom is 0.103 e. The van der Waals surface area contributed by atoms with E-state index in [0.717, 1.165) is 32.4 Å². The van der Waals surface area contributed by atoms with E-state index in [1.165, 1.54) is 6.42 Å². The Hall–Kier alpha value is -0.150. The predicted octanol–water partition coefficient (Wildman–Crippen LogP) is 2.36. The van der Waals surface area contributed by atoms with Gasteiger partial charge < -0.3 is 5.11 Å². The largest absolute Gasteiger partial charge is 0.393 e. The summed E-state index contributed by atoms with van der Waals surface area (Å²) >= 11 is 0. The molecule has 2 nitrogen and oxygen atoms in total. The Balaban J connectivity index is 1.94. The van der Waals surface area contributed by atoms with E-state index in [9.17, 15) is 9.50 Å². The minimum atomic E-state index is -0.593. The Labute approximate surface area is 97.8 Å². The lowest BCUT2D eigenvalue weighted by atomic mass is 9.80. The summed E-state index contributed by atoms with van der Waals surface area (Å²) < 4.78 is 13.1. The molecule has 3 unspecified atom stereocenters. The van der Waals surface area contributed by atoms with Crippen molar-refractivity contribution in [3.63, 3.8) is 0 Å². The molecule has 16 heavy (non-hydrogen) atoms. The normalized spacial score (nSPS) is 38.8. The van der Waals surface area contributed by atoms with E-state index in [-0.39, 0.29) is 6.10 Å². The second kappa shape index (κ2) is 5.46. The standard InChI is InChI=1S/C13H24FNO/c1-2-10-3-4-12(16)9-13(10)15-7-5-11(14)6-8-15/h10-13,16H,2-9H2,1H3. The van der Waals surface area contributed by atoms with Gasteiger partial charge in [0.1, 0.15) is 6.17 Å². The highest BCUT2D eigenvalue weighted by Gasteiger charge is 2.34. The van der Waals surface area contributed by atoms with Crippen LogP contribution >= 0.6 is 0 Å². The summed E-state index contributed by atoms with van der Waals surface area (Å²) in [7, 11) is 0. The van der Waals surface area contributed by atoms with Crippen molar-refractivity contribution in [2.75, 3.05) is 13.1 Å². The van der Waals surface area contributed by atoms with Crippen LogP contribution < -0.4 is 0 Å². The molecule has 0 spiro atoms. The fourth-order valence-electron chi connectivity index (χ4n) is 3.31. The van der Waals surface area contributed by atoms with E-state index in [4.69, 9.17) is 0 Å². The molecule has 0 radical (unpaired) electrons. The number of nitrogens with zero attached hydrogens (tertiary/aromatic N) is 1. The van der Waals surface area contributed by atoms with Crippen LogP contribution in [-0.4, -0.2) is 41.4 Å². The molecule has 1 saturated carbocycles. The SMILES string of the molecule is CCC1CCC(O)CC1N1CCC(F)CC1. The lowest BCUT2D eigenvalue weighted by Crippen LogP contribution is -2.49. The summed E-state index contributed by atoms with van der Waals surface area (Å²) in [5, 5.41) is 9.77. The molecule has 2 fully saturated rings. The first-order valence-electron chi connectivity index (χ1n) is 6.77. The van der Waals surface area contributed by atoms with Crippen molar-refractivity contribution in [2.24, 2.45) is 5.92 Å². The van der Waals surface area contributed by atoms with Crippen molar-refractivity contribution >= 4 is 0 Å². The fraction of sp³-hybridized carbons (Fsp3) is 1.00. The fourth-order valence-corrected chi connectivity index (χ4v) is 3.31. The summed E-state index contributed by atoms with van der Waals surface area (Å²) in [5.74, 6) is 0.708. The molecule has 3 atom stereocenters. The molecule has 0 bridgehead atoms. The summed E-state index contributed by atoms with van der Waals surface area (Å²) in [6, 6.07) is 0.501. The number of hydrogen-bond acceptors (Lipinski definition) is 2. The van der Waals surface area contributed by atoms with Gasteiger partial charge in [-0.2, -0.15) is 0 Å². The molecule has 0 amide bonds. The van der Waals surface area contributed by atoms with E-state index >= 15 is 0 Å². The molecular weight excluding hydrogens is 205 g/mol. The van der Waals surface area contributed by atoms with Gasteiger partial charge in [0.05, 0.1) is 6.10 Å². The van der Waals surface area contributed by atoms with Crippen molar-refractivity contribution in [3.8, 4) is 0 Å². The first-order valence-corrected chi connectivity index (χ1v) is 6.77. The maximum absolute atomic E-state index is 13.1. The molecule has 0 aromatic carbocycles. The third-order valence-corrected chi connectivity index (χ3v) is 4.38. The smallest absolute Gasteiger partial charge is 0.103 e. The van der Waals surface area contributed by atoms with Crippen molar-refractivity contribution in [2.45, 2.75) is 63.8 Å². The van der Waals surface area contributed by atoms with E-state index < -0.39 is 6.17 Å². The molecule has 0 aromatic rings. The second-order valence-corrected chi connectivity index (χ2v) is 5.41. The van der Waals surface area contributed by atoms with Gasteiger partial charge in [-0.15, -0.1) is 0 Å². The van der Waals surface area contributed by atoms with Gasteiger partial charge in [-0.1, -0.05) is 13.3 Å². The van der Waals surface area contributed by atoms with Crippen molar-refractivity contribution in [3.05, 3.63) is 0 Å². The second-order valence-electron chi connectivity index (χ2n) is 5.41. The molecule has 1 heterocycles. The highest BCUT2D eigenvalue weighted by molar-refractivity contribution is 4.88. The van der Waals surface area contributed by atoms with Crippen LogP contribution in [0, 0.1) is 5.92 Å². The minimum absolute atomic E-state index is 0.129. The van der Waals surface area contributed by atoms with Gasteiger partial charge in [0.2, 0.25) is 0 Å². The monoisotopic (exact) mass is 229 g/mol. The predicted molar refractivity (Wildman–Crippen MR) is 63.1 cm³/mol. The van der Waals surface area contributed by atoms with Gasteiger partial charge >= 0.3 is 0 Å². The molecule has 1 N–H and O–H groups in total. The molecular formula is C13H24FNO. The Kier molecular flexibility index (Phi) is 4.20. The summed E-state index contributed by atoms with van der Waals surface area (Å²) in [6.07, 6.45) is 4.82. The van der Waals surface area contributed by atoms with Crippen LogP contribution in [0.4, 0.5) is 4.39 Å². The number of alkyl halides is 1. The van der Waals surface area contributed by atoms with Crippen molar-refractivity contribution < 1.29 is 9.50 Å². The summed E-state index contributed by atoms with van der Waals surface area (Å²) in [4.78, 5) is 2.42. The Bertz CT molecular complexity index is 216. The number of aliphatic hydroxyl groups excluding tert-OH is 1. The molecule has 1 aliphatic carbocycles. The highest BCUT2D eigenvalue weighted by atomic mass is 19.1. The Morgan fingerprint density at radius 1 is 1.19 bits per heavy atom. The van der Waals surface area contributed by atoms with Crippen LogP contribution in [0.3, 0.4) is 0 Å². The van der Waals surface area contributed by atoms with Crippen LogP contribution in [-0.2, 0) is 0 Å². The Morgan fingerprint density at radius 3 is 2.50 bits per heavy atom. The van der Waals surface area contributed by atoms with Crippen LogP contribution in [0.15, 0.2) is 0 Å². The summed E-state index contributed by atoms with van der Waals surface area (Å²) in [6.45, 7) is 4.00. The average molecular weight is 229 g/mol. The van der Waals surface area contributed by atoms with Crippen LogP contribution in [0.2, 0.25) is 0 Å². The average Bonchev–Trinajstić information content (AvgIpc) is 2.30. The summed E-state index contributed by atoms with van der Waals surface area (Å²) in [5.41, 5.74) is 0. The van der Waals surface area contributed by atoms with Crippen molar-refractivity contribution in [1.29, 1.82) is 0 Å². The lowest BCUT2D eigenvalue weighted by molar-refractivity contribution is 0.00718. The molecule has 94 valence electrons. The number of aliphatic hydroxyl groups is 1. The van der Waals surface area contributed by atoms with E-state index in [0.29, 0.717) is 24.8 Å². The molecule has 0 aromatic heterocycles. The third kappa shape index (κ3) is 2.75. The zero-order valence-electron chi connectivity index (χ0n) is 10.2. The number of hydrogen-bond donors (Lipinski definition) is 1. The van der Waals surface area contributed by atoms with Crippen molar-refractivity contribution in [1.82, 2.24) is 4.90 Å². The van der Waals surface area contributed by atoms with Gasteiger partial charge in [-0.3, -0.25) is 4.90 Å². The lowest BCUT2D eigenvalue weighted by Gasteiger charge is -2.43. The molecule has 2 aliphatic rings. The number of rotatable bonds is 2. The quantitative estimate of drug-likeness (QED) is 0.785. The first kappa shape index (κ1) is 12.3. The zero-order chi connectivity index (χ0) is 11.5. The molecule has 1 aliphatic heterocycles. The first-order chi connectivity index (χ1) is 7.70. The van der Waals surface area contributed by atoms with Gasteiger partial charge in [0, 0.05) is 19.1 Å². The van der Waals surface area contributed by atoms with Crippen LogP contribution in [0.25, 0.3) is 0 Å². The van der Waals surface area contributed by atoms with Crippen LogP contribution in [0.5, 0.6) is 0 Å². The van der Waals surface area contributed by atoms with Gasteiger partial charge in [0.15, 0.2) is 0 Å².